The second-order valence-corrected chi connectivity index (χ2v) is 6.79. The molecule has 138 valence electrons. The summed E-state index contributed by atoms with van der Waals surface area (Å²) in [5, 5.41) is 2.51. The number of carbonyl (C=O) groups excluding carboxylic acids is 1. The first-order chi connectivity index (χ1) is 12.4. The van der Waals surface area contributed by atoms with Crippen LogP contribution in [0.25, 0.3) is 0 Å². The van der Waals surface area contributed by atoms with Crippen LogP contribution in [0.4, 0.5) is 20.2 Å². The zero-order chi connectivity index (χ0) is 18.7. The molecule has 0 radical (unpaired) electrons. The topological polar surface area (TPSA) is 35.6 Å². The summed E-state index contributed by atoms with van der Waals surface area (Å²) in [6, 6.07) is 11.8. The number of rotatable bonds is 4. The molecule has 2 aromatic carbocycles. The van der Waals surface area contributed by atoms with Gasteiger partial charge in [0, 0.05) is 37.4 Å². The second-order valence-electron chi connectivity index (χ2n) is 6.79. The Hall–Kier alpha value is -2.47. The molecule has 1 aliphatic heterocycles. The van der Waals surface area contributed by atoms with Crippen LogP contribution in [0.1, 0.15) is 12.5 Å². The lowest BCUT2D eigenvalue weighted by atomic mass is 10.1. The molecule has 0 spiro atoms. The Bertz CT molecular complexity index is 779. The smallest absolute Gasteiger partial charge is 0.238 e. The lowest BCUT2D eigenvalue weighted by Gasteiger charge is -2.41. The number of carbonyl (C=O) groups is 1. The Balaban J connectivity index is 1.55. The molecule has 0 aromatic heterocycles. The van der Waals surface area contributed by atoms with Gasteiger partial charge in [-0.3, -0.25) is 9.69 Å². The number of nitrogens with one attached hydrogen (secondary N) is 1. The largest absolute Gasteiger partial charge is 0.366 e. The molecule has 0 unspecified atom stereocenters. The lowest BCUT2D eigenvalue weighted by Crippen LogP contribution is -2.53. The summed E-state index contributed by atoms with van der Waals surface area (Å²) in [4.78, 5) is 16.6. The van der Waals surface area contributed by atoms with Crippen molar-refractivity contribution >= 4 is 17.3 Å². The van der Waals surface area contributed by atoms with Gasteiger partial charge < -0.3 is 10.2 Å². The van der Waals surface area contributed by atoms with E-state index < -0.39 is 11.6 Å². The highest BCUT2D eigenvalue weighted by Crippen LogP contribution is 2.21. The van der Waals surface area contributed by atoms with Crippen LogP contribution in [0.2, 0.25) is 0 Å². The highest BCUT2D eigenvalue weighted by molar-refractivity contribution is 5.92. The summed E-state index contributed by atoms with van der Waals surface area (Å²) in [6.45, 7) is 6.69. The van der Waals surface area contributed by atoms with Crippen LogP contribution in [0.3, 0.4) is 0 Å². The van der Waals surface area contributed by atoms with Gasteiger partial charge in [0.1, 0.15) is 11.6 Å². The molecule has 1 atom stereocenters. The van der Waals surface area contributed by atoms with Crippen molar-refractivity contribution in [1.82, 2.24) is 4.90 Å². The van der Waals surface area contributed by atoms with Crippen molar-refractivity contribution in [3.63, 3.8) is 0 Å². The van der Waals surface area contributed by atoms with Gasteiger partial charge >= 0.3 is 0 Å². The third-order valence-electron chi connectivity index (χ3n) is 4.65. The maximum absolute atomic E-state index is 13.6. The summed E-state index contributed by atoms with van der Waals surface area (Å²) in [6.07, 6.45) is 0. The van der Waals surface area contributed by atoms with Crippen LogP contribution in [-0.2, 0) is 4.79 Å². The molecule has 1 N–H and O–H groups in total. The lowest BCUT2D eigenvalue weighted by molar-refractivity contribution is -0.117. The Morgan fingerprint density at radius 2 is 1.88 bits per heavy atom. The molecule has 1 aliphatic rings. The Morgan fingerprint density at radius 3 is 2.54 bits per heavy atom. The normalized spacial score (nSPS) is 18.0. The summed E-state index contributed by atoms with van der Waals surface area (Å²) >= 11 is 0. The summed E-state index contributed by atoms with van der Waals surface area (Å²) in [5.41, 5.74) is 2.41. The van der Waals surface area contributed by atoms with E-state index in [-0.39, 0.29) is 24.2 Å². The number of amides is 1. The number of hydrogen-bond donors (Lipinski definition) is 1. The second kappa shape index (κ2) is 7.83. The summed E-state index contributed by atoms with van der Waals surface area (Å²) in [5.74, 6) is -1.73. The van der Waals surface area contributed by atoms with E-state index in [2.05, 4.69) is 48.3 Å². The van der Waals surface area contributed by atoms with Gasteiger partial charge in [-0.1, -0.05) is 17.7 Å². The third-order valence-corrected chi connectivity index (χ3v) is 4.65. The standard InChI is InChI=1S/C20H23F2N3O/c1-14-3-6-17(7-4-14)25-10-9-24(12-15(25)2)13-20(26)23-19-8-5-16(21)11-18(19)22/h3-8,11,15H,9-10,12-13H2,1-2H3,(H,23,26)/t15-/m0/s1. The predicted molar refractivity (Wildman–Crippen MR) is 99.4 cm³/mol. The molecule has 1 saturated heterocycles. The number of aryl methyl sites for hydroxylation is 1. The summed E-state index contributed by atoms with van der Waals surface area (Å²) in [7, 11) is 0. The van der Waals surface area contributed by atoms with Gasteiger partial charge in [-0.25, -0.2) is 8.78 Å². The van der Waals surface area contributed by atoms with E-state index in [1.54, 1.807) is 0 Å². The number of piperazine rings is 1. The van der Waals surface area contributed by atoms with Crippen molar-refractivity contribution in [1.29, 1.82) is 0 Å². The molecule has 2 aromatic rings. The highest BCUT2D eigenvalue weighted by Gasteiger charge is 2.25. The van der Waals surface area contributed by atoms with Gasteiger partial charge in [0.05, 0.1) is 12.2 Å². The third kappa shape index (κ3) is 4.38. The molecule has 6 heteroatoms. The average molecular weight is 359 g/mol. The van der Waals surface area contributed by atoms with Gasteiger partial charge in [0.25, 0.3) is 0 Å². The average Bonchev–Trinajstić information content (AvgIpc) is 2.59. The highest BCUT2D eigenvalue weighted by atomic mass is 19.1. The van der Waals surface area contributed by atoms with Crippen molar-refractivity contribution in [3.8, 4) is 0 Å². The van der Waals surface area contributed by atoms with Gasteiger partial charge in [-0.15, -0.1) is 0 Å². The Labute approximate surface area is 152 Å². The molecule has 1 amide bonds. The van der Waals surface area contributed by atoms with Crippen LogP contribution in [0, 0.1) is 18.6 Å². The fourth-order valence-electron chi connectivity index (χ4n) is 3.28. The number of hydrogen-bond acceptors (Lipinski definition) is 3. The van der Waals surface area contributed by atoms with Crippen LogP contribution in [0.15, 0.2) is 42.5 Å². The zero-order valence-corrected chi connectivity index (χ0v) is 15.0. The van der Waals surface area contributed by atoms with Gasteiger partial charge in [0.15, 0.2) is 0 Å². The van der Waals surface area contributed by atoms with E-state index in [0.717, 1.165) is 31.8 Å². The van der Waals surface area contributed by atoms with Crippen molar-refractivity contribution in [2.24, 2.45) is 0 Å². The van der Waals surface area contributed by atoms with E-state index in [1.165, 1.54) is 17.3 Å². The molecular formula is C20H23F2N3O. The maximum atomic E-state index is 13.6. The molecule has 0 aliphatic carbocycles. The van der Waals surface area contributed by atoms with Crippen molar-refractivity contribution in [3.05, 3.63) is 59.7 Å². The van der Waals surface area contributed by atoms with E-state index in [0.29, 0.717) is 0 Å². The minimum absolute atomic E-state index is 0.00254. The molecular weight excluding hydrogens is 336 g/mol. The molecule has 0 saturated carbocycles. The van der Waals surface area contributed by atoms with Crippen LogP contribution in [0.5, 0.6) is 0 Å². The number of nitrogens with zero attached hydrogens (tertiary/aromatic N) is 2. The molecule has 3 rings (SSSR count). The Kier molecular flexibility index (Phi) is 5.52. The molecule has 1 heterocycles. The number of anilines is 2. The van der Waals surface area contributed by atoms with E-state index >= 15 is 0 Å². The maximum Gasteiger partial charge on any atom is 0.238 e. The first kappa shape index (κ1) is 18.3. The molecule has 26 heavy (non-hydrogen) atoms. The minimum atomic E-state index is -0.768. The van der Waals surface area contributed by atoms with Crippen molar-refractivity contribution in [2.75, 3.05) is 36.4 Å². The molecule has 4 nitrogen and oxygen atoms in total. The van der Waals surface area contributed by atoms with E-state index in [9.17, 15) is 13.6 Å². The number of benzene rings is 2. The van der Waals surface area contributed by atoms with Gasteiger partial charge in [-0.2, -0.15) is 0 Å². The van der Waals surface area contributed by atoms with Gasteiger partial charge in [-0.05, 0) is 38.1 Å². The molecule has 1 fully saturated rings. The monoisotopic (exact) mass is 359 g/mol. The van der Waals surface area contributed by atoms with Crippen molar-refractivity contribution in [2.45, 2.75) is 19.9 Å². The molecule has 0 bridgehead atoms. The Morgan fingerprint density at radius 1 is 1.15 bits per heavy atom. The van der Waals surface area contributed by atoms with Gasteiger partial charge in [0.2, 0.25) is 5.91 Å². The SMILES string of the molecule is Cc1ccc(N2CCN(CC(=O)Nc3ccc(F)cc3F)C[C@@H]2C)cc1. The minimum Gasteiger partial charge on any atom is -0.366 e. The van der Waals surface area contributed by atoms with E-state index in [1.807, 2.05) is 4.90 Å². The van der Waals surface area contributed by atoms with Crippen LogP contribution >= 0.6 is 0 Å². The first-order valence-corrected chi connectivity index (χ1v) is 8.73. The predicted octanol–water partition coefficient (Wildman–Crippen LogP) is 3.42. The van der Waals surface area contributed by atoms with Crippen molar-refractivity contribution < 1.29 is 13.6 Å². The van der Waals surface area contributed by atoms with E-state index in [4.69, 9.17) is 0 Å². The van der Waals surface area contributed by atoms with Crippen LogP contribution < -0.4 is 10.2 Å². The quantitative estimate of drug-likeness (QED) is 0.909. The fraction of sp³-hybridized carbons (Fsp3) is 0.350. The fourth-order valence-corrected chi connectivity index (χ4v) is 3.28. The first-order valence-electron chi connectivity index (χ1n) is 8.73. The number of halogens is 2. The zero-order valence-electron chi connectivity index (χ0n) is 15.0. The summed E-state index contributed by atoms with van der Waals surface area (Å²) < 4.78 is 26.6. The van der Waals surface area contributed by atoms with Crippen LogP contribution in [-0.4, -0.2) is 43.0 Å².